The fourth-order valence-corrected chi connectivity index (χ4v) is 3.73. The average molecular weight is 364 g/mol. The molecule has 0 saturated heterocycles. The summed E-state index contributed by atoms with van der Waals surface area (Å²) in [6.45, 7) is 3.57. The number of fused-ring (bicyclic) bond motifs is 1. The molecule has 0 aliphatic heterocycles. The van der Waals surface area contributed by atoms with Crippen molar-refractivity contribution in [2.75, 3.05) is 20.3 Å². The highest BCUT2D eigenvalue weighted by atomic mass is 32.1. The number of nitrogens with one attached hydrogen (secondary N) is 1. The molecule has 0 spiro atoms. The number of imidazole rings is 1. The summed E-state index contributed by atoms with van der Waals surface area (Å²) in [5, 5.41) is 9.09. The summed E-state index contributed by atoms with van der Waals surface area (Å²) < 4.78 is 7.10. The molecule has 0 unspecified atom stereocenters. The summed E-state index contributed by atoms with van der Waals surface area (Å²) in [4.78, 5) is 19.9. The van der Waals surface area contributed by atoms with E-state index < -0.39 is 0 Å². The molecule has 0 aromatic carbocycles. The summed E-state index contributed by atoms with van der Waals surface area (Å²) in [6, 6.07) is 1.77. The van der Waals surface area contributed by atoms with Crippen LogP contribution in [0.2, 0.25) is 0 Å². The number of aromatic nitrogens is 2. The van der Waals surface area contributed by atoms with E-state index in [4.69, 9.17) is 4.74 Å². The number of methoxy groups -OCH3 is 1. The summed E-state index contributed by atoms with van der Waals surface area (Å²) in [7, 11) is 1.64. The van der Waals surface area contributed by atoms with E-state index in [1.807, 2.05) is 40.5 Å². The normalized spacial score (nSPS) is 12.4. The Morgan fingerprint density at radius 2 is 2.38 bits per heavy atom. The van der Waals surface area contributed by atoms with Gasteiger partial charge in [-0.3, -0.25) is 4.40 Å². The lowest BCUT2D eigenvalue weighted by Gasteiger charge is -2.24. The molecule has 0 aliphatic carbocycles. The lowest BCUT2D eigenvalue weighted by molar-refractivity contribution is 0.145. The molecule has 1 N–H and O–H groups in total. The number of carbonyl (C=O) groups is 1. The van der Waals surface area contributed by atoms with E-state index in [9.17, 15) is 4.79 Å². The van der Waals surface area contributed by atoms with Gasteiger partial charge >= 0.3 is 6.03 Å². The summed E-state index contributed by atoms with van der Waals surface area (Å²) in [6.07, 6.45) is 3.92. The molecule has 3 heterocycles. The third-order valence-electron chi connectivity index (χ3n) is 3.70. The first-order valence-corrected chi connectivity index (χ1v) is 9.47. The van der Waals surface area contributed by atoms with Crippen LogP contribution in [0.4, 0.5) is 4.79 Å². The number of hydrogen-bond acceptors (Lipinski definition) is 5. The Morgan fingerprint density at radius 1 is 1.50 bits per heavy atom. The first kappa shape index (κ1) is 16.9. The number of nitrogens with zero attached hydrogens (tertiary/aromatic N) is 3. The van der Waals surface area contributed by atoms with Gasteiger partial charge in [-0.25, -0.2) is 9.78 Å². The predicted molar refractivity (Wildman–Crippen MR) is 96.6 cm³/mol. The largest absolute Gasteiger partial charge is 0.383 e. The zero-order chi connectivity index (χ0) is 16.9. The molecular weight excluding hydrogens is 344 g/mol. The van der Waals surface area contributed by atoms with Gasteiger partial charge < -0.3 is 15.0 Å². The minimum absolute atomic E-state index is 0.109. The van der Waals surface area contributed by atoms with E-state index in [0.717, 1.165) is 16.2 Å². The van der Waals surface area contributed by atoms with Gasteiger partial charge in [0.1, 0.15) is 0 Å². The summed E-state index contributed by atoms with van der Waals surface area (Å²) >= 11 is 3.21. The van der Waals surface area contributed by atoms with Crippen LogP contribution in [0.1, 0.15) is 24.2 Å². The molecule has 0 saturated carbocycles. The van der Waals surface area contributed by atoms with E-state index >= 15 is 0 Å². The van der Waals surface area contributed by atoms with Gasteiger partial charge in [0.2, 0.25) is 0 Å². The minimum atomic E-state index is -0.155. The first-order chi connectivity index (χ1) is 11.7. The number of hydrogen-bond donors (Lipinski definition) is 1. The minimum Gasteiger partial charge on any atom is -0.383 e. The number of carbonyl (C=O) groups excluding carboxylic acids is 1. The first-order valence-electron chi connectivity index (χ1n) is 7.65. The van der Waals surface area contributed by atoms with Crippen LogP contribution >= 0.6 is 22.7 Å². The molecular formula is C16H20N4O2S2. The summed E-state index contributed by atoms with van der Waals surface area (Å²) in [5.41, 5.74) is 1.99. The van der Waals surface area contributed by atoms with E-state index in [1.165, 1.54) is 0 Å². The topological polar surface area (TPSA) is 58.9 Å². The zero-order valence-electron chi connectivity index (χ0n) is 13.6. The van der Waals surface area contributed by atoms with Gasteiger partial charge in [0.05, 0.1) is 18.3 Å². The van der Waals surface area contributed by atoms with Crippen LogP contribution < -0.4 is 5.32 Å². The molecule has 0 aliphatic rings. The maximum absolute atomic E-state index is 12.6. The van der Waals surface area contributed by atoms with Crippen molar-refractivity contribution >= 4 is 33.7 Å². The third kappa shape index (κ3) is 3.95. The number of ether oxygens (including phenoxy) is 1. The second kappa shape index (κ2) is 7.78. The highest BCUT2D eigenvalue weighted by molar-refractivity contribution is 7.15. The lowest BCUT2D eigenvalue weighted by atomic mass is 10.2. The van der Waals surface area contributed by atoms with Gasteiger partial charge in [-0.2, -0.15) is 11.3 Å². The average Bonchev–Trinajstić information content (AvgIpc) is 3.27. The molecule has 3 aromatic rings. The van der Waals surface area contributed by atoms with Crippen molar-refractivity contribution in [1.82, 2.24) is 19.6 Å². The van der Waals surface area contributed by atoms with Gasteiger partial charge in [-0.15, -0.1) is 11.3 Å². The fourth-order valence-electron chi connectivity index (χ4n) is 2.36. The van der Waals surface area contributed by atoms with Crippen molar-refractivity contribution in [3.63, 3.8) is 0 Å². The number of urea groups is 1. The Bertz CT molecular complexity index is 753. The SMILES string of the molecule is COCCN(Cc1ccsc1)C(=O)N[C@@H](C)c1cn2ccsc2n1. The Morgan fingerprint density at radius 3 is 3.08 bits per heavy atom. The van der Waals surface area contributed by atoms with Crippen LogP contribution in [0, 0.1) is 0 Å². The van der Waals surface area contributed by atoms with Crippen LogP contribution in [-0.2, 0) is 11.3 Å². The molecule has 2 amide bonds. The molecule has 3 aromatic heterocycles. The van der Waals surface area contributed by atoms with Gasteiger partial charge in [0, 0.05) is 38.0 Å². The number of amides is 2. The molecule has 0 bridgehead atoms. The van der Waals surface area contributed by atoms with Crippen molar-refractivity contribution in [3.8, 4) is 0 Å². The van der Waals surface area contributed by atoms with Crippen molar-refractivity contribution in [2.45, 2.75) is 19.5 Å². The van der Waals surface area contributed by atoms with Crippen molar-refractivity contribution < 1.29 is 9.53 Å². The lowest BCUT2D eigenvalue weighted by Crippen LogP contribution is -2.42. The van der Waals surface area contributed by atoms with Crippen LogP contribution in [0.3, 0.4) is 0 Å². The van der Waals surface area contributed by atoms with E-state index in [0.29, 0.717) is 19.7 Å². The molecule has 6 nitrogen and oxygen atoms in total. The monoisotopic (exact) mass is 364 g/mol. The zero-order valence-corrected chi connectivity index (χ0v) is 15.3. The maximum atomic E-state index is 12.6. The van der Waals surface area contributed by atoms with Crippen LogP contribution in [0.5, 0.6) is 0 Å². The van der Waals surface area contributed by atoms with Crippen LogP contribution in [0.15, 0.2) is 34.6 Å². The maximum Gasteiger partial charge on any atom is 0.318 e. The van der Waals surface area contributed by atoms with Crippen molar-refractivity contribution in [1.29, 1.82) is 0 Å². The van der Waals surface area contributed by atoms with E-state index in [1.54, 1.807) is 34.7 Å². The van der Waals surface area contributed by atoms with Crippen molar-refractivity contribution in [2.24, 2.45) is 0 Å². The Balaban J connectivity index is 1.65. The molecule has 24 heavy (non-hydrogen) atoms. The highest BCUT2D eigenvalue weighted by Gasteiger charge is 2.19. The Hall–Kier alpha value is -1.90. The van der Waals surface area contributed by atoms with Gasteiger partial charge in [-0.05, 0) is 29.3 Å². The fraction of sp³-hybridized carbons (Fsp3) is 0.375. The van der Waals surface area contributed by atoms with Gasteiger partial charge in [0.25, 0.3) is 0 Å². The molecule has 128 valence electrons. The van der Waals surface area contributed by atoms with Crippen LogP contribution in [-0.4, -0.2) is 40.6 Å². The van der Waals surface area contributed by atoms with Crippen LogP contribution in [0.25, 0.3) is 4.96 Å². The second-order valence-corrected chi connectivity index (χ2v) is 7.13. The standard InChI is InChI=1S/C16H20N4O2S2/c1-12(14-10-20-5-8-24-16(20)18-14)17-15(21)19(4-6-22-2)9-13-3-7-23-11-13/h3,5,7-8,10-12H,4,6,9H2,1-2H3,(H,17,21)/t12-/m0/s1. The van der Waals surface area contributed by atoms with Gasteiger partial charge in [-0.1, -0.05) is 0 Å². The number of thiophene rings is 1. The third-order valence-corrected chi connectivity index (χ3v) is 5.20. The molecule has 8 heteroatoms. The summed E-state index contributed by atoms with van der Waals surface area (Å²) in [5.74, 6) is 0. The van der Waals surface area contributed by atoms with E-state index in [2.05, 4.69) is 15.7 Å². The quantitative estimate of drug-likeness (QED) is 0.699. The molecule has 0 radical (unpaired) electrons. The van der Waals surface area contributed by atoms with Gasteiger partial charge in [0.15, 0.2) is 4.96 Å². The Kier molecular flexibility index (Phi) is 5.49. The molecule has 3 rings (SSSR count). The second-order valence-electron chi connectivity index (χ2n) is 5.48. The van der Waals surface area contributed by atoms with E-state index in [-0.39, 0.29) is 12.1 Å². The molecule has 1 atom stereocenters. The molecule has 0 fully saturated rings. The smallest absolute Gasteiger partial charge is 0.318 e. The van der Waals surface area contributed by atoms with Crippen molar-refractivity contribution in [3.05, 3.63) is 45.9 Å². The number of rotatable bonds is 7. The Labute approximate surface area is 148 Å². The predicted octanol–water partition coefficient (Wildman–Crippen LogP) is 3.38. The highest BCUT2D eigenvalue weighted by Crippen LogP contribution is 2.17. The number of thiazole rings is 1.